The summed E-state index contributed by atoms with van der Waals surface area (Å²) in [5.41, 5.74) is 0. The fourth-order valence-corrected chi connectivity index (χ4v) is 4.51. The van der Waals surface area contributed by atoms with E-state index >= 15 is 0 Å². The Morgan fingerprint density at radius 3 is 1.52 bits per heavy atom. The van der Waals surface area contributed by atoms with Gasteiger partial charge < -0.3 is 9.47 Å². The Morgan fingerprint density at radius 2 is 0.926 bits per heavy atom. The van der Waals surface area contributed by atoms with Gasteiger partial charge in [-0.05, 0) is 22.2 Å². The van der Waals surface area contributed by atoms with E-state index in [1.54, 1.807) is 0 Å². The summed E-state index contributed by atoms with van der Waals surface area (Å²) in [6, 6.07) is 26.8. The van der Waals surface area contributed by atoms with Crippen LogP contribution in [0.5, 0.6) is 23.0 Å². The second-order valence-corrected chi connectivity index (χ2v) is 7.54. The molecule has 1 heterocycles. The van der Waals surface area contributed by atoms with Crippen LogP contribution in [0.4, 0.5) is 0 Å². The van der Waals surface area contributed by atoms with Gasteiger partial charge in [-0.3, -0.25) is 0 Å². The first-order valence-electron chi connectivity index (χ1n) is 8.81. The maximum Gasteiger partial charge on any atom is 0.178 e. The summed E-state index contributed by atoms with van der Waals surface area (Å²) in [5, 5.41) is 6.59. The van der Waals surface area contributed by atoms with Gasteiger partial charge in [0.2, 0.25) is 0 Å². The Labute approximate surface area is 164 Å². The van der Waals surface area contributed by atoms with E-state index in [1.807, 2.05) is 30.3 Å². The largest absolute Gasteiger partial charge is 0.449 e. The maximum absolute atomic E-state index is 6.52. The molecule has 0 atom stereocenters. The van der Waals surface area contributed by atoms with Crippen LogP contribution in [-0.4, -0.2) is 0 Å². The highest BCUT2D eigenvalue weighted by Crippen LogP contribution is 2.55. The van der Waals surface area contributed by atoms with E-state index in [-0.39, 0.29) is 0 Å². The van der Waals surface area contributed by atoms with Gasteiger partial charge in [-0.1, -0.05) is 88.7 Å². The summed E-state index contributed by atoms with van der Waals surface area (Å²) in [5.74, 6) is 3.05. The Hall–Kier alpha value is -3.04. The molecule has 3 heteroatoms. The predicted molar refractivity (Wildman–Crippen MR) is 113 cm³/mol. The number of ether oxygens (including phenoxy) is 2. The topological polar surface area (TPSA) is 18.5 Å². The third kappa shape index (κ3) is 2.06. The van der Waals surface area contributed by atoms with Crippen LogP contribution in [-0.2, 0) is 0 Å². The molecule has 6 rings (SSSR count). The van der Waals surface area contributed by atoms with Crippen molar-refractivity contribution >= 4 is 48.2 Å². The van der Waals surface area contributed by atoms with Crippen molar-refractivity contribution in [1.29, 1.82) is 0 Å². The normalized spacial score (nSPS) is 12.5. The smallest absolute Gasteiger partial charge is 0.178 e. The number of fused-ring (bicyclic) bond motifs is 9. The first-order valence-corrected chi connectivity index (χ1v) is 9.61. The molecule has 5 aromatic carbocycles. The lowest BCUT2D eigenvalue weighted by molar-refractivity contribution is 0.370. The van der Waals surface area contributed by atoms with E-state index in [1.165, 1.54) is 10.8 Å². The molecule has 27 heavy (non-hydrogen) atoms. The Balaban J connectivity index is 1.74. The van der Waals surface area contributed by atoms with Crippen molar-refractivity contribution in [2.75, 3.05) is 0 Å². The third-order valence-electron chi connectivity index (χ3n) is 5.17. The highest BCUT2D eigenvalue weighted by molar-refractivity contribution is 9.10. The zero-order valence-corrected chi connectivity index (χ0v) is 15.8. The van der Waals surface area contributed by atoms with Crippen LogP contribution in [0.15, 0.2) is 83.3 Å². The molecule has 0 amide bonds. The summed E-state index contributed by atoms with van der Waals surface area (Å²) >= 11 is 3.67. The summed E-state index contributed by atoms with van der Waals surface area (Å²) in [4.78, 5) is 0. The minimum absolute atomic E-state index is 0.730. The fraction of sp³-hybridized carbons (Fsp3) is 0. The van der Waals surface area contributed by atoms with Crippen LogP contribution in [0.2, 0.25) is 0 Å². The summed E-state index contributed by atoms with van der Waals surface area (Å²) < 4.78 is 13.9. The SMILES string of the molecule is Brc1cc2c(c3ccccc13)Oc1c(c3ccccc3c3ccccc13)O2. The average molecular weight is 413 g/mol. The molecule has 0 radical (unpaired) electrons. The lowest BCUT2D eigenvalue weighted by Crippen LogP contribution is -2.01. The molecule has 0 fully saturated rings. The van der Waals surface area contributed by atoms with E-state index in [0.717, 1.165) is 49.0 Å². The zero-order chi connectivity index (χ0) is 18.0. The third-order valence-corrected chi connectivity index (χ3v) is 5.82. The van der Waals surface area contributed by atoms with E-state index in [2.05, 4.69) is 64.5 Å². The highest BCUT2D eigenvalue weighted by atomic mass is 79.9. The van der Waals surface area contributed by atoms with Crippen LogP contribution in [0.25, 0.3) is 32.3 Å². The quantitative estimate of drug-likeness (QED) is 0.237. The van der Waals surface area contributed by atoms with Crippen LogP contribution < -0.4 is 9.47 Å². The van der Waals surface area contributed by atoms with E-state index in [4.69, 9.17) is 9.47 Å². The number of halogens is 1. The van der Waals surface area contributed by atoms with Gasteiger partial charge in [0.25, 0.3) is 0 Å². The average Bonchev–Trinajstić information content (AvgIpc) is 2.73. The van der Waals surface area contributed by atoms with Gasteiger partial charge in [-0.2, -0.15) is 0 Å². The van der Waals surface area contributed by atoms with Gasteiger partial charge in [0, 0.05) is 20.6 Å². The second-order valence-electron chi connectivity index (χ2n) is 6.68. The Bertz CT molecular complexity index is 1390. The fourth-order valence-electron chi connectivity index (χ4n) is 3.95. The first-order chi connectivity index (χ1) is 13.3. The minimum atomic E-state index is 0.730. The molecule has 0 unspecified atom stereocenters. The Kier molecular flexibility index (Phi) is 3.06. The van der Waals surface area contributed by atoms with E-state index in [9.17, 15) is 0 Å². The maximum atomic E-state index is 6.52. The van der Waals surface area contributed by atoms with Crippen molar-refractivity contribution in [1.82, 2.24) is 0 Å². The van der Waals surface area contributed by atoms with E-state index < -0.39 is 0 Å². The summed E-state index contributed by atoms with van der Waals surface area (Å²) in [6.45, 7) is 0. The lowest BCUT2D eigenvalue weighted by Gasteiger charge is -2.25. The van der Waals surface area contributed by atoms with Crippen LogP contribution in [0, 0.1) is 0 Å². The first kappa shape index (κ1) is 15.1. The second kappa shape index (κ2) is 5.48. The van der Waals surface area contributed by atoms with Crippen LogP contribution in [0.3, 0.4) is 0 Å². The monoisotopic (exact) mass is 412 g/mol. The molecule has 1 aliphatic rings. The van der Waals surface area contributed by atoms with Gasteiger partial charge in [0.05, 0.1) is 0 Å². The van der Waals surface area contributed by atoms with Gasteiger partial charge in [-0.15, -0.1) is 0 Å². The lowest BCUT2D eigenvalue weighted by atomic mass is 9.99. The van der Waals surface area contributed by atoms with Crippen molar-refractivity contribution in [3.8, 4) is 23.0 Å². The molecule has 0 spiro atoms. The van der Waals surface area contributed by atoms with Crippen molar-refractivity contribution in [2.24, 2.45) is 0 Å². The number of rotatable bonds is 0. The standard InChI is InChI=1S/C24H13BrO2/c25-20-13-21-22(19-12-6-3-9-16(19)20)27-24-18-11-5-2-8-15(18)14-7-1-4-10-17(14)23(24)26-21/h1-13H. The molecule has 0 aromatic heterocycles. The molecule has 0 saturated heterocycles. The van der Waals surface area contributed by atoms with Crippen molar-refractivity contribution in [2.45, 2.75) is 0 Å². The van der Waals surface area contributed by atoms with Gasteiger partial charge in [0.1, 0.15) is 0 Å². The van der Waals surface area contributed by atoms with Crippen molar-refractivity contribution in [3.63, 3.8) is 0 Å². The van der Waals surface area contributed by atoms with Gasteiger partial charge in [0.15, 0.2) is 23.0 Å². The number of benzene rings is 5. The van der Waals surface area contributed by atoms with Gasteiger partial charge in [-0.25, -0.2) is 0 Å². The molecule has 0 bridgehead atoms. The minimum Gasteiger partial charge on any atom is -0.449 e. The highest BCUT2D eigenvalue weighted by Gasteiger charge is 2.26. The molecule has 0 aliphatic carbocycles. The summed E-state index contributed by atoms with van der Waals surface area (Å²) in [7, 11) is 0. The Morgan fingerprint density at radius 1 is 0.481 bits per heavy atom. The number of hydrogen-bond donors (Lipinski definition) is 0. The van der Waals surface area contributed by atoms with Crippen LogP contribution in [0.1, 0.15) is 0 Å². The van der Waals surface area contributed by atoms with Gasteiger partial charge >= 0.3 is 0 Å². The van der Waals surface area contributed by atoms with Crippen molar-refractivity contribution < 1.29 is 9.47 Å². The van der Waals surface area contributed by atoms with Crippen molar-refractivity contribution in [3.05, 3.63) is 83.3 Å². The molecule has 1 aliphatic heterocycles. The zero-order valence-electron chi connectivity index (χ0n) is 14.2. The molecule has 128 valence electrons. The molecular weight excluding hydrogens is 400 g/mol. The summed E-state index contributed by atoms with van der Waals surface area (Å²) in [6.07, 6.45) is 0. The molecule has 0 saturated carbocycles. The molecule has 5 aromatic rings. The van der Waals surface area contributed by atoms with Crippen LogP contribution >= 0.6 is 15.9 Å². The number of hydrogen-bond acceptors (Lipinski definition) is 2. The molecule has 0 N–H and O–H groups in total. The predicted octanol–water partition coefficient (Wildman–Crippen LogP) is 7.81. The molecular formula is C24H13BrO2. The molecule has 2 nitrogen and oxygen atoms in total. The van der Waals surface area contributed by atoms with E-state index in [0.29, 0.717) is 0 Å².